The molecule has 0 saturated heterocycles. The van der Waals surface area contributed by atoms with E-state index in [1.807, 2.05) is 12.2 Å². The highest BCUT2D eigenvalue weighted by molar-refractivity contribution is 8.14. The van der Waals surface area contributed by atoms with Gasteiger partial charge in [0.15, 0.2) is 17.2 Å². The van der Waals surface area contributed by atoms with E-state index in [2.05, 4.69) is 11.1 Å². The van der Waals surface area contributed by atoms with E-state index in [0.717, 1.165) is 34.5 Å². The molecular weight excluding hydrogens is 428 g/mol. The molecule has 158 valence electrons. The molecule has 1 atom stereocenters. The minimum atomic E-state index is -2.49. The monoisotopic (exact) mass is 448 g/mol. The van der Waals surface area contributed by atoms with Crippen molar-refractivity contribution in [2.45, 2.75) is 26.2 Å². The summed E-state index contributed by atoms with van der Waals surface area (Å²) >= 11 is -1.58. The Balaban J connectivity index is 1.71. The summed E-state index contributed by atoms with van der Waals surface area (Å²) < 4.78 is 33.8. The summed E-state index contributed by atoms with van der Waals surface area (Å²) in [7, 11) is 0. The Labute approximate surface area is 180 Å². The Morgan fingerprint density at radius 1 is 1.33 bits per heavy atom. The molecule has 1 unspecified atom stereocenters. The molecule has 0 saturated carbocycles. The SMILES string of the molecule is CC(=O)SCC(=O)c1ccc(N(C2=COC=C(CC3=CC=CCC3)O2)S(=O)O)nc1. The van der Waals surface area contributed by atoms with Crippen LogP contribution in [0.4, 0.5) is 5.82 Å². The number of Topliss-reactive ketones (excluding diaryl/α,β-unsaturated/α-hetero) is 1. The van der Waals surface area contributed by atoms with Crippen LogP contribution in [0.15, 0.2) is 66.3 Å². The van der Waals surface area contributed by atoms with Gasteiger partial charge in [-0.3, -0.25) is 14.1 Å². The third kappa shape index (κ3) is 5.91. The lowest BCUT2D eigenvalue weighted by Gasteiger charge is -2.25. The molecule has 0 spiro atoms. The van der Waals surface area contributed by atoms with Crippen LogP contribution >= 0.6 is 11.8 Å². The maximum Gasteiger partial charge on any atom is 0.270 e. The van der Waals surface area contributed by atoms with Crippen molar-refractivity contribution >= 4 is 39.7 Å². The fourth-order valence-corrected chi connectivity index (χ4v) is 3.74. The first-order valence-electron chi connectivity index (χ1n) is 9.05. The Bertz CT molecular complexity index is 966. The smallest absolute Gasteiger partial charge is 0.270 e. The van der Waals surface area contributed by atoms with Crippen molar-refractivity contribution in [3.05, 3.63) is 71.9 Å². The predicted octanol–water partition coefficient (Wildman–Crippen LogP) is 3.84. The summed E-state index contributed by atoms with van der Waals surface area (Å²) in [5.74, 6) is 0.342. The van der Waals surface area contributed by atoms with Gasteiger partial charge in [0.05, 0.1) is 5.75 Å². The highest BCUT2D eigenvalue weighted by Crippen LogP contribution is 2.28. The van der Waals surface area contributed by atoms with Gasteiger partial charge in [-0.15, -0.1) is 0 Å². The zero-order chi connectivity index (χ0) is 21.5. The normalized spacial score (nSPS) is 16.4. The molecule has 0 fully saturated rings. The van der Waals surface area contributed by atoms with E-state index in [9.17, 15) is 18.4 Å². The standard InChI is InChI=1S/C20H20N2O6S2/c1-14(23)29-13-18(24)16-7-8-19(21-10-16)22(30(25)26)20-12-27-11-17(28-20)9-15-5-3-2-4-6-15/h2-3,5,7-8,10-12H,4,6,9,13H2,1H3,(H,25,26). The first kappa shape index (κ1) is 22.0. The first-order valence-corrected chi connectivity index (χ1v) is 11.1. The summed E-state index contributed by atoms with van der Waals surface area (Å²) in [6.07, 6.45) is 12.4. The van der Waals surface area contributed by atoms with Gasteiger partial charge in [-0.05, 0) is 25.0 Å². The number of rotatable bonds is 8. The second kappa shape index (κ2) is 10.4. The van der Waals surface area contributed by atoms with Gasteiger partial charge in [0.25, 0.3) is 17.1 Å². The van der Waals surface area contributed by atoms with Gasteiger partial charge >= 0.3 is 0 Å². The number of pyridine rings is 1. The highest BCUT2D eigenvalue weighted by atomic mass is 32.2. The molecule has 2 heterocycles. The fourth-order valence-electron chi connectivity index (χ4n) is 2.73. The van der Waals surface area contributed by atoms with Gasteiger partial charge < -0.3 is 9.47 Å². The molecule has 8 nitrogen and oxygen atoms in total. The number of hydrogen-bond donors (Lipinski definition) is 1. The van der Waals surface area contributed by atoms with Crippen molar-refractivity contribution in [1.82, 2.24) is 4.98 Å². The number of ether oxygens (including phenoxy) is 2. The molecule has 30 heavy (non-hydrogen) atoms. The topological polar surface area (TPSA) is 106 Å². The Kier molecular flexibility index (Phi) is 7.61. The van der Waals surface area contributed by atoms with Crippen LogP contribution in [-0.2, 0) is 25.5 Å². The van der Waals surface area contributed by atoms with Gasteiger partial charge in [0.2, 0.25) is 0 Å². The van der Waals surface area contributed by atoms with Gasteiger partial charge in [0.1, 0.15) is 17.8 Å². The molecule has 0 bridgehead atoms. The van der Waals surface area contributed by atoms with Crippen LogP contribution in [0.3, 0.4) is 0 Å². The van der Waals surface area contributed by atoms with Crippen LogP contribution in [-0.4, -0.2) is 30.4 Å². The average Bonchev–Trinajstić information content (AvgIpc) is 2.73. The minimum absolute atomic E-state index is 0.000929. The number of nitrogens with zero attached hydrogens (tertiary/aromatic N) is 2. The van der Waals surface area contributed by atoms with Crippen molar-refractivity contribution in [3.63, 3.8) is 0 Å². The minimum Gasteiger partial charge on any atom is -0.463 e. The predicted molar refractivity (Wildman–Crippen MR) is 114 cm³/mol. The number of aromatic nitrogens is 1. The lowest BCUT2D eigenvalue weighted by Crippen LogP contribution is -2.28. The molecule has 10 heteroatoms. The van der Waals surface area contributed by atoms with Crippen LogP contribution in [0.5, 0.6) is 0 Å². The zero-order valence-corrected chi connectivity index (χ0v) is 17.8. The average molecular weight is 449 g/mol. The Hall–Kier alpha value is -2.69. The molecule has 2 aliphatic rings. The second-order valence-electron chi connectivity index (χ2n) is 6.38. The fraction of sp³-hybridized carbons (Fsp3) is 0.250. The number of hydrogen-bond acceptors (Lipinski definition) is 7. The number of carbonyl (C=O) groups excluding carboxylic acids is 2. The Morgan fingerprint density at radius 3 is 2.80 bits per heavy atom. The van der Waals surface area contributed by atoms with Gasteiger partial charge in [-0.25, -0.2) is 9.19 Å². The van der Waals surface area contributed by atoms with E-state index in [1.54, 1.807) is 0 Å². The lowest BCUT2D eigenvalue weighted by atomic mass is 10.0. The van der Waals surface area contributed by atoms with Gasteiger partial charge in [0, 0.05) is 25.1 Å². The van der Waals surface area contributed by atoms with E-state index in [1.165, 1.54) is 37.8 Å². The van der Waals surface area contributed by atoms with Crippen LogP contribution in [0.1, 0.15) is 36.5 Å². The van der Waals surface area contributed by atoms with E-state index < -0.39 is 11.3 Å². The molecule has 0 amide bonds. The van der Waals surface area contributed by atoms with Crippen LogP contribution in [0.2, 0.25) is 0 Å². The quantitative estimate of drug-likeness (QED) is 0.472. The number of thioether (sulfide) groups is 1. The molecule has 1 aromatic rings. The number of carbonyl (C=O) groups is 2. The first-order chi connectivity index (χ1) is 14.4. The van der Waals surface area contributed by atoms with Crippen molar-refractivity contribution in [2.75, 3.05) is 10.1 Å². The van der Waals surface area contributed by atoms with Crippen molar-refractivity contribution in [3.8, 4) is 0 Å². The molecule has 1 aliphatic heterocycles. The Morgan fingerprint density at radius 2 is 2.17 bits per heavy atom. The second-order valence-corrected chi connectivity index (χ2v) is 8.36. The highest BCUT2D eigenvalue weighted by Gasteiger charge is 2.25. The number of anilines is 1. The van der Waals surface area contributed by atoms with E-state index in [4.69, 9.17) is 9.47 Å². The molecule has 1 aromatic heterocycles. The van der Waals surface area contributed by atoms with Gasteiger partial charge in [-0.1, -0.05) is 35.6 Å². The molecule has 1 N–H and O–H groups in total. The van der Waals surface area contributed by atoms with E-state index >= 15 is 0 Å². The van der Waals surface area contributed by atoms with E-state index in [-0.39, 0.29) is 28.4 Å². The summed E-state index contributed by atoms with van der Waals surface area (Å²) in [4.78, 5) is 27.2. The number of allylic oxidation sites excluding steroid dienone is 4. The molecule has 3 rings (SSSR count). The third-order valence-electron chi connectivity index (χ3n) is 4.15. The van der Waals surface area contributed by atoms with Crippen LogP contribution in [0, 0.1) is 0 Å². The zero-order valence-electron chi connectivity index (χ0n) is 16.1. The maximum absolute atomic E-state index is 12.1. The lowest BCUT2D eigenvalue weighted by molar-refractivity contribution is -0.109. The number of ketones is 1. The molecule has 0 aromatic carbocycles. The van der Waals surface area contributed by atoms with E-state index in [0.29, 0.717) is 17.7 Å². The molecule has 0 radical (unpaired) electrons. The summed E-state index contributed by atoms with van der Waals surface area (Å²) in [6, 6.07) is 2.90. The maximum atomic E-state index is 12.1. The van der Waals surface area contributed by atoms with Crippen LogP contribution in [0.25, 0.3) is 0 Å². The molecule has 1 aliphatic carbocycles. The summed E-state index contributed by atoms with van der Waals surface area (Å²) in [5, 5.41) is -0.153. The van der Waals surface area contributed by atoms with Crippen molar-refractivity contribution in [2.24, 2.45) is 0 Å². The molecular formula is C20H20N2O6S2. The summed E-state index contributed by atoms with van der Waals surface area (Å²) in [6.45, 7) is 1.39. The van der Waals surface area contributed by atoms with Crippen molar-refractivity contribution < 1.29 is 27.8 Å². The largest absolute Gasteiger partial charge is 0.463 e. The van der Waals surface area contributed by atoms with Crippen molar-refractivity contribution in [1.29, 1.82) is 0 Å². The summed E-state index contributed by atoms with van der Waals surface area (Å²) in [5.41, 5.74) is 1.46. The van der Waals surface area contributed by atoms with Gasteiger partial charge in [-0.2, -0.15) is 4.31 Å². The third-order valence-corrected chi connectivity index (χ3v) is 5.64. The van der Waals surface area contributed by atoms with Crippen LogP contribution < -0.4 is 4.31 Å².